The molecule has 0 aliphatic carbocycles. The molecule has 3 aromatic rings. The fourth-order valence-electron chi connectivity index (χ4n) is 2.60. The third kappa shape index (κ3) is 5.49. The van der Waals surface area contributed by atoms with Crippen LogP contribution in [0.5, 0.6) is 0 Å². The number of nitrogens with one attached hydrogen (secondary N) is 2. The molecule has 1 amide bonds. The molecule has 3 aromatic carbocycles. The SMILES string of the molecule is O=C(Nc1ccc(Cl)cc1C(F)(F)F)c1ccc(NS(=O)(=O)c2ccccc2)c(Cl)c1. The van der Waals surface area contributed by atoms with Crippen LogP contribution in [0.4, 0.5) is 24.5 Å². The zero-order chi connectivity index (χ0) is 22.8. The topological polar surface area (TPSA) is 75.3 Å². The molecule has 5 nitrogen and oxygen atoms in total. The van der Waals surface area contributed by atoms with Gasteiger partial charge in [0.1, 0.15) is 0 Å². The van der Waals surface area contributed by atoms with Crippen molar-refractivity contribution in [1.82, 2.24) is 0 Å². The summed E-state index contributed by atoms with van der Waals surface area (Å²) in [5.74, 6) is -0.868. The lowest BCUT2D eigenvalue weighted by molar-refractivity contribution is -0.136. The lowest BCUT2D eigenvalue weighted by Gasteiger charge is -2.15. The number of halogens is 5. The van der Waals surface area contributed by atoms with Crippen LogP contribution < -0.4 is 10.0 Å². The molecule has 162 valence electrons. The van der Waals surface area contributed by atoms with E-state index in [1.54, 1.807) is 18.2 Å². The van der Waals surface area contributed by atoms with Crippen molar-refractivity contribution < 1.29 is 26.4 Å². The number of carbonyl (C=O) groups is 1. The molecule has 0 atom stereocenters. The van der Waals surface area contributed by atoms with Gasteiger partial charge in [-0.05, 0) is 48.5 Å². The number of rotatable bonds is 5. The van der Waals surface area contributed by atoms with Crippen LogP contribution >= 0.6 is 23.2 Å². The lowest BCUT2D eigenvalue weighted by Crippen LogP contribution is -2.17. The van der Waals surface area contributed by atoms with Gasteiger partial charge in [0.05, 0.1) is 26.9 Å². The van der Waals surface area contributed by atoms with Gasteiger partial charge in [0.25, 0.3) is 15.9 Å². The Bertz CT molecular complexity index is 1230. The zero-order valence-electron chi connectivity index (χ0n) is 15.4. The van der Waals surface area contributed by atoms with E-state index in [4.69, 9.17) is 23.2 Å². The molecular weight excluding hydrogens is 476 g/mol. The highest BCUT2D eigenvalue weighted by atomic mass is 35.5. The summed E-state index contributed by atoms with van der Waals surface area (Å²) in [5, 5.41) is 1.92. The second-order valence-electron chi connectivity index (χ2n) is 6.25. The van der Waals surface area contributed by atoms with Crippen LogP contribution in [0.1, 0.15) is 15.9 Å². The minimum Gasteiger partial charge on any atom is -0.321 e. The summed E-state index contributed by atoms with van der Waals surface area (Å²) in [4.78, 5) is 12.4. The average molecular weight is 489 g/mol. The first kappa shape index (κ1) is 22.9. The second-order valence-corrected chi connectivity index (χ2v) is 8.78. The van der Waals surface area contributed by atoms with Gasteiger partial charge in [0, 0.05) is 10.6 Å². The van der Waals surface area contributed by atoms with Crippen molar-refractivity contribution in [2.45, 2.75) is 11.1 Å². The maximum absolute atomic E-state index is 13.2. The third-order valence-electron chi connectivity index (χ3n) is 4.06. The van der Waals surface area contributed by atoms with Gasteiger partial charge in [-0.1, -0.05) is 41.4 Å². The average Bonchev–Trinajstić information content (AvgIpc) is 2.70. The summed E-state index contributed by atoms with van der Waals surface area (Å²) in [5.41, 5.74) is -1.65. The normalized spacial score (nSPS) is 11.8. The van der Waals surface area contributed by atoms with Gasteiger partial charge in [-0.15, -0.1) is 0 Å². The number of alkyl halides is 3. The quantitative estimate of drug-likeness (QED) is 0.457. The standard InChI is InChI=1S/C20H13Cl2F3N2O3S/c21-13-7-9-17(15(11-13)20(23,24)25)26-19(28)12-6-8-18(16(22)10-12)27-31(29,30)14-4-2-1-3-5-14/h1-11,27H,(H,26,28). The van der Waals surface area contributed by atoms with Crippen molar-refractivity contribution >= 4 is 50.5 Å². The van der Waals surface area contributed by atoms with E-state index in [2.05, 4.69) is 10.0 Å². The zero-order valence-corrected chi connectivity index (χ0v) is 17.7. The van der Waals surface area contributed by atoms with E-state index in [-0.39, 0.29) is 26.2 Å². The largest absolute Gasteiger partial charge is 0.418 e. The van der Waals surface area contributed by atoms with Crippen molar-refractivity contribution in [1.29, 1.82) is 0 Å². The number of amides is 1. The molecule has 0 spiro atoms. The summed E-state index contributed by atoms with van der Waals surface area (Å²) in [6.45, 7) is 0. The van der Waals surface area contributed by atoms with E-state index in [1.165, 1.54) is 30.3 Å². The summed E-state index contributed by atoms with van der Waals surface area (Å²) >= 11 is 11.7. The molecule has 0 aliphatic rings. The van der Waals surface area contributed by atoms with Gasteiger partial charge in [-0.25, -0.2) is 8.42 Å². The fourth-order valence-corrected chi connectivity index (χ4v) is 4.15. The van der Waals surface area contributed by atoms with Crippen LogP contribution in [0.3, 0.4) is 0 Å². The van der Waals surface area contributed by atoms with Crippen LogP contribution in [0.25, 0.3) is 0 Å². The predicted molar refractivity (Wildman–Crippen MR) is 113 cm³/mol. The smallest absolute Gasteiger partial charge is 0.321 e. The van der Waals surface area contributed by atoms with Crippen LogP contribution in [0.2, 0.25) is 10.0 Å². The summed E-state index contributed by atoms with van der Waals surface area (Å²) < 4.78 is 66.7. The number of benzene rings is 3. The summed E-state index contributed by atoms with van der Waals surface area (Å²) in [7, 11) is -3.92. The van der Waals surface area contributed by atoms with Crippen LogP contribution in [0.15, 0.2) is 71.6 Å². The van der Waals surface area contributed by atoms with E-state index in [0.717, 1.165) is 12.1 Å². The molecule has 3 rings (SSSR count). The van der Waals surface area contributed by atoms with E-state index >= 15 is 0 Å². The number of sulfonamides is 1. The van der Waals surface area contributed by atoms with Gasteiger partial charge < -0.3 is 5.32 Å². The highest BCUT2D eigenvalue weighted by molar-refractivity contribution is 7.92. The van der Waals surface area contributed by atoms with Gasteiger partial charge in [0.2, 0.25) is 0 Å². The Balaban J connectivity index is 1.83. The molecule has 0 bridgehead atoms. The number of anilines is 2. The van der Waals surface area contributed by atoms with Gasteiger partial charge in [-0.2, -0.15) is 13.2 Å². The van der Waals surface area contributed by atoms with E-state index in [1.807, 2.05) is 0 Å². The van der Waals surface area contributed by atoms with Gasteiger partial charge in [-0.3, -0.25) is 9.52 Å². The first-order valence-corrected chi connectivity index (χ1v) is 10.8. The highest BCUT2D eigenvalue weighted by Crippen LogP contribution is 2.37. The van der Waals surface area contributed by atoms with Crippen molar-refractivity contribution in [3.8, 4) is 0 Å². The molecule has 0 radical (unpaired) electrons. The Hall–Kier alpha value is -2.75. The monoisotopic (exact) mass is 488 g/mol. The predicted octanol–water partition coefficient (Wildman–Crippen LogP) is 6.07. The highest BCUT2D eigenvalue weighted by Gasteiger charge is 2.34. The molecule has 11 heteroatoms. The Morgan fingerprint density at radius 2 is 1.52 bits per heavy atom. The molecule has 0 aliphatic heterocycles. The Morgan fingerprint density at radius 1 is 0.871 bits per heavy atom. The second kappa shape index (κ2) is 8.78. The van der Waals surface area contributed by atoms with E-state index < -0.39 is 33.4 Å². The van der Waals surface area contributed by atoms with Crippen molar-refractivity contribution in [3.63, 3.8) is 0 Å². The van der Waals surface area contributed by atoms with Crippen molar-refractivity contribution in [2.75, 3.05) is 10.0 Å². The molecule has 0 saturated heterocycles. The molecule has 0 fully saturated rings. The third-order valence-corrected chi connectivity index (χ3v) is 5.99. The summed E-state index contributed by atoms with van der Waals surface area (Å²) in [6, 6.07) is 14.1. The number of carbonyl (C=O) groups excluding carboxylic acids is 1. The minimum atomic E-state index is -4.73. The van der Waals surface area contributed by atoms with Crippen molar-refractivity contribution in [2.24, 2.45) is 0 Å². The molecule has 0 aromatic heterocycles. The first-order valence-electron chi connectivity index (χ1n) is 8.53. The first-order chi connectivity index (χ1) is 14.5. The fraction of sp³-hybridized carbons (Fsp3) is 0.0500. The molecule has 2 N–H and O–H groups in total. The molecule has 0 heterocycles. The molecule has 0 unspecified atom stereocenters. The molecular formula is C20H13Cl2F3N2O3S. The molecule has 31 heavy (non-hydrogen) atoms. The maximum Gasteiger partial charge on any atom is 0.418 e. The van der Waals surface area contributed by atoms with Crippen LogP contribution in [-0.4, -0.2) is 14.3 Å². The summed E-state index contributed by atoms with van der Waals surface area (Å²) in [6.07, 6.45) is -4.73. The maximum atomic E-state index is 13.2. The number of hydrogen-bond donors (Lipinski definition) is 2. The van der Waals surface area contributed by atoms with E-state index in [0.29, 0.717) is 6.07 Å². The van der Waals surface area contributed by atoms with Crippen LogP contribution in [-0.2, 0) is 16.2 Å². The van der Waals surface area contributed by atoms with Crippen molar-refractivity contribution in [3.05, 3.63) is 87.9 Å². The Morgan fingerprint density at radius 3 is 2.13 bits per heavy atom. The Kier molecular flexibility index (Phi) is 6.49. The lowest BCUT2D eigenvalue weighted by atomic mass is 10.1. The van der Waals surface area contributed by atoms with Crippen LogP contribution in [0, 0.1) is 0 Å². The Labute approximate surface area is 185 Å². The van der Waals surface area contributed by atoms with Gasteiger partial charge >= 0.3 is 6.18 Å². The van der Waals surface area contributed by atoms with Gasteiger partial charge in [0.15, 0.2) is 0 Å². The molecule has 0 saturated carbocycles. The number of hydrogen-bond acceptors (Lipinski definition) is 3. The van der Waals surface area contributed by atoms with E-state index in [9.17, 15) is 26.4 Å². The minimum absolute atomic E-state index is 0.00421.